The molecule has 1 aliphatic carbocycles. The average molecular weight is 576 g/mol. The number of nitrogens with zero attached hydrogens (tertiary/aromatic N) is 3. The van der Waals surface area contributed by atoms with Crippen molar-refractivity contribution in [1.29, 1.82) is 0 Å². The molecule has 1 aliphatic rings. The highest BCUT2D eigenvalue weighted by Gasteiger charge is 2.36. The Morgan fingerprint density at radius 3 is 2.04 bits per heavy atom. The van der Waals surface area contributed by atoms with Crippen molar-refractivity contribution in [2.24, 2.45) is 0 Å². The van der Waals surface area contributed by atoms with E-state index < -0.39 is 0 Å². The summed E-state index contributed by atoms with van der Waals surface area (Å²) >= 11 is 0. The molecule has 0 fully saturated rings. The topological polar surface area (TPSA) is 30.1 Å². The van der Waals surface area contributed by atoms with Gasteiger partial charge in [-0.1, -0.05) is 129 Å². The molecule has 0 unspecified atom stereocenters. The Bertz CT molecular complexity index is 2310. The SMILES string of the molecule is [C-]#[N+]c1ccc2c(c1)-c1c(-c3cccc(-c4cc(-c5ccccc5)nc(-c5ccc6ccccc6c5)n4)c3)cccc1C2(C)C. The first-order valence-corrected chi connectivity index (χ1v) is 15.2. The number of benzene rings is 6. The van der Waals surface area contributed by atoms with Crippen molar-refractivity contribution in [3.63, 3.8) is 0 Å². The molecular formula is C42H29N3. The lowest BCUT2D eigenvalue weighted by molar-refractivity contribution is 0.660. The van der Waals surface area contributed by atoms with Crippen LogP contribution in [0.5, 0.6) is 0 Å². The summed E-state index contributed by atoms with van der Waals surface area (Å²) in [5.41, 5.74) is 12.5. The van der Waals surface area contributed by atoms with E-state index in [2.05, 4.69) is 134 Å². The molecule has 3 heteroatoms. The van der Waals surface area contributed by atoms with Gasteiger partial charge >= 0.3 is 0 Å². The maximum Gasteiger partial charge on any atom is 0.187 e. The van der Waals surface area contributed by atoms with Crippen LogP contribution in [0.3, 0.4) is 0 Å². The van der Waals surface area contributed by atoms with Gasteiger partial charge in [-0.15, -0.1) is 0 Å². The zero-order valence-electron chi connectivity index (χ0n) is 25.1. The summed E-state index contributed by atoms with van der Waals surface area (Å²) < 4.78 is 0. The first-order valence-electron chi connectivity index (χ1n) is 15.2. The highest BCUT2D eigenvalue weighted by Crippen LogP contribution is 2.53. The third-order valence-electron chi connectivity index (χ3n) is 9.09. The Morgan fingerprint density at radius 1 is 0.511 bits per heavy atom. The van der Waals surface area contributed by atoms with Gasteiger partial charge in [-0.25, -0.2) is 14.8 Å². The van der Waals surface area contributed by atoms with E-state index >= 15 is 0 Å². The van der Waals surface area contributed by atoms with Crippen LogP contribution in [-0.2, 0) is 5.41 Å². The van der Waals surface area contributed by atoms with Gasteiger partial charge in [0.25, 0.3) is 0 Å². The Balaban J connectivity index is 1.30. The van der Waals surface area contributed by atoms with Gasteiger partial charge in [0.15, 0.2) is 11.5 Å². The van der Waals surface area contributed by atoms with Crippen LogP contribution in [0.4, 0.5) is 5.69 Å². The quantitative estimate of drug-likeness (QED) is 0.195. The Morgan fingerprint density at radius 2 is 1.22 bits per heavy atom. The van der Waals surface area contributed by atoms with E-state index in [1.54, 1.807) is 0 Å². The molecule has 0 spiro atoms. The summed E-state index contributed by atoms with van der Waals surface area (Å²) in [5.74, 6) is 0.700. The van der Waals surface area contributed by atoms with E-state index in [1.165, 1.54) is 22.1 Å². The maximum absolute atomic E-state index is 7.64. The predicted octanol–water partition coefficient (Wildman–Crippen LogP) is 11.2. The first kappa shape index (κ1) is 26.8. The Kier molecular flexibility index (Phi) is 6.18. The van der Waals surface area contributed by atoms with Crippen molar-refractivity contribution in [3.8, 4) is 56.2 Å². The van der Waals surface area contributed by atoms with E-state index in [9.17, 15) is 0 Å². The van der Waals surface area contributed by atoms with E-state index in [-0.39, 0.29) is 5.41 Å². The molecule has 7 aromatic rings. The largest absolute Gasteiger partial charge is 0.238 e. The van der Waals surface area contributed by atoms with Crippen molar-refractivity contribution >= 4 is 16.5 Å². The lowest BCUT2D eigenvalue weighted by Gasteiger charge is -2.21. The molecule has 0 bridgehead atoms. The summed E-state index contributed by atoms with van der Waals surface area (Å²) in [6.07, 6.45) is 0. The van der Waals surface area contributed by atoms with Crippen molar-refractivity contribution in [2.75, 3.05) is 0 Å². The van der Waals surface area contributed by atoms with Gasteiger partial charge in [0.1, 0.15) is 0 Å². The molecule has 8 rings (SSSR count). The smallest absolute Gasteiger partial charge is 0.187 e. The van der Waals surface area contributed by atoms with E-state index in [0.717, 1.165) is 50.2 Å². The monoisotopic (exact) mass is 575 g/mol. The second-order valence-electron chi connectivity index (χ2n) is 12.2. The van der Waals surface area contributed by atoms with Crippen LogP contribution < -0.4 is 0 Å². The lowest BCUT2D eigenvalue weighted by atomic mass is 9.82. The highest BCUT2D eigenvalue weighted by molar-refractivity contribution is 5.94. The normalized spacial score (nSPS) is 12.8. The van der Waals surface area contributed by atoms with Crippen LogP contribution in [0.1, 0.15) is 25.0 Å². The molecule has 0 atom stereocenters. The molecule has 45 heavy (non-hydrogen) atoms. The molecular weight excluding hydrogens is 546 g/mol. The second-order valence-corrected chi connectivity index (χ2v) is 12.2. The van der Waals surface area contributed by atoms with Gasteiger partial charge in [0.05, 0.1) is 18.0 Å². The second kappa shape index (κ2) is 10.4. The molecule has 3 nitrogen and oxygen atoms in total. The van der Waals surface area contributed by atoms with Crippen LogP contribution >= 0.6 is 0 Å². The molecule has 1 heterocycles. The molecule has 0 saturated heterocycles. The van der Waals surface area contributed by atoms with E-state index in [4.69, 9.17) is 16.5 Å². The zero-order chi connectivity index (χ0) is 30.5. The van der Waals surface area contributed by atoms with E-state index in [1.807, 2.05) is 24.3 Å². The van der Waals surface area contributed by atoms with Crippen molar-refractivity contribution in [1.82, 2.24) is 9.97 Å². The third kappa shape index (κ3) is 4.51. The lowest BCUT2D eigenvalue weighted by Crippen LogP contribution is -2.14. The number of fused-ring (bicyclic) bond motifs is 4. The average Bonchev–Trinajstić information content (AvgIpc) is 3.33. The minimum absolute atomic E-state index is 0.148. The van der Waals surface area contributed by atoms with Crippen LogP contribution in [0.25, 0.3) is 71.8 Å². The molecule has 6 aromatic carbocycles. The number of rotatable bonds is 4. The van der Waals surface area contributed by atoms with Crippen molar-refractivity contribution in [2.45, 2.75) is 19.3 Å². The maximum atomic E-state index is 7.64. The summed E-state index contributed by atoms with van der Waals surface area (Å²) in [7, 11) is 0. The summed E-state index contributed by atoms with van der Waals surface area (Å²) in [6, 6.07) is 48.5. The fraction of sp³-hybridized carbons (Fsp3) is 0.0714. The van der Waals surface area contributed by atoms with E-state index in [0.29, 0.717) is 11.5 Å². The summed E-state index contributed by atoms with van der Waals surface area (Å²) in [6.45, 7) is 12.2. The molecule has 0 amide bonds. The van der Waals surface area contributed by atoms with Crippen LogP contribution in [0.2, 0.25) is 0 Å². The van der Waals surface area contributed by atoms with Gasteiger partial charge in [-0.3, -0.25) is 0 Å². The van der Waals surface area contributed by atoms with Crippen LogP contribution in [0.15, 0.2) is 140 Å². The minimum Gasteiger partial charge on any atom is -0.238 e. The highest BCUT2D eigenvalue weighted by atomic mass is 14.9. The molecule has 212 valence electrons. The van der Waals surface area contributed by atoms with Crippen molar-refractivity contribution < 1.29 is 0 Å². The summed E-state index contributed by atoms with van der Waals surface area (Å²) in [4.78, 5) is 14.0. The molecule has 0 radical (unpaired) electrons. The zero-order valence-corrected chi connectivity index (χ0v) is 25.1. The van der Waals surface area contributed by atoms with Gasteiger partial charge in [-0.05, 0) is 68.4 Å². The third-order valence-corrected chi connectivity index (χ3v) is 9.09. The van der Waals surface area contributed by atoms with Gasteiger partial charge in [0.2, 0.25) is 0 Å². The number of aromatic nitrogens is 2. The molecule has 0 saturated carbocycles. The molecule has 1 aromatic heterocycles. The number of hydrogen-bond donors (Lipinski definition) is 0. The Hall–Kier alpha value is -5.85. The number of hydrogen-bond acceptors (Lipinski definition) is 2. The van der Waals surface area contributed by atoms with Crippen LogP contribution in [0, 0.1) is 6.57 Å². The summed E-state index contributed by atoms with van der Waals surface area (Å²) in [5, 5.41) is 2.35. The Labute approximate surface area is 263 Å². The fourth-order valence-corrected chi connectivity index (χ4v) is 6.76. The first-order chi connectivity index (χ1) is 22.0. The van der Waals surface area contributed by atoms with Gasteiger partial charge < -0.3 is 0 Å². The van der Waals surface area contributed by atoms with Crippen molar-refractivity contribution in [3.05, 3.63) is 162 Å². The molecule has 0 N–H and O–H groups in total. The van der Waals surface area contributed by atoms with Gasteiger partial charge in [-0.2, -0.15) is 0 Å². The van der Waals surface area contributed by atoms with Crippen LogP contribution in [-0.4, -0.2) is 9.97 Å². The standard InChI is InChI=1S/C42H29N3/c1-42(2)36-22-21-33(43-3)25-35(36)40-34(17-10-18-37(40)42)30-15-9-16-31(24-30)39-26-38(28-12-5-4-6-13-28)44-41(45-39)32-20-19-27-11-7-8-14-29(27)23-32/h4-26H,1-2H3. The van der Waals surface area contributed by atoms with Gasteiger partial charge in [0, 0.05) is 22.1 Å². The fourth-order valence-electron chi connectivity index (χ4n) is 6.76. The molecule has 0 aliphatic heterocycles. The predicted molar refractivity (Wildman–Crippen MR) is 185 cm³/mol. The minimum atomic E-state index is -0.148.